The second-order valence-corrected chi connectivity index (χ2v) is 7.76. The lowest BCUT2D eigenvalue weighted by Gasteiger charge is -2.51. The van der Waals surface area contributed by atoms with Crippen LogP contribution in [0.2, 0.25) is 0 Å². The summed E-state index contributed by atoms with van der Waals surface area (Å²) in [6, 6.07) is 0. The summed E-state index contributed by atoms with van der Waals surface area (Å²) in [5.41, 5.74) is 1.03. The zero-order valence-electron chi connectivity index (χ0n) is 16.7. The predicted molar refractivity (Wildman–Crippen MR) is 97.4 cm³/mol. The van der Waals surface area contributed by atoms with Crippen LogP contribution < -0.4 is 0 Å². The monoisotopic (exact) mass is 374 g/mol. The zero-order chi connectivity index (χ0) is 20.1. The lowest BCUT2D eigenvalue weighted by molar-refractivity contribution is -0.187. The molecule has 0 saturated heterocycles. The molecule has 0 bridgehead atoms. The van der Waals surface area contributed by atoms with Crippen molar-refractivity contribution in [2.24, 2.45) is 11.3 Å². The Morgan fingerprint density at radius 1 is 1.37 bits per heavy atom. The minimum Gasteiger partial charge on any atom is -0.453 e. The predicted octanol–water partition coefficient (Wildman–Crippen LogP) is 3.03. The summed E-state index contributed by atoms with van der Waals surface area (Å²) in [5.74, 6) is -2.49. The highest BCUT2D eigenvalue weighted by Crippen LogP contribution is 2.57. The highest BCUT2D eigenvalue weighted by Gasteiger charge is 2.63. The molecule has 0 unspecified atom stereocenters. The summed E-state index contributed by atoms with van der Waals surface area (Å²) in [4.78, 5) is 37.8. The standard InChI is InChI=1S/C21H26O6/c1-7-11(2)18(23)26-17-16-13(4)19(24)27-21(16,25-6)10-14-15(22)9-8-12(3)20(14,17)5/h7,10,12,17H,8-9H2,1-6H3/b11-7+/t12-,17+,20+,21+/m0/s1. The van der Waals surface area contributed by atoms with Crippen LogP contribution in [0.5, 0.6) is 0 Å². The number of hydrogen-bond donors (Lipinski definition) is 0. The van der Waals surface area contributed by atoms with Gasteiger partial charge in [0.2, 0.25) is 0 Å². The van der Waals surface area contributed by atoms with Crippen LogP contribution >= 0.6 is 0 Å². The molecule has 0 spiro atoms. The SMILES string of the molecule is C/C=C(\C)C(=O)O[C@@H]1C2=C(C)C(=O)O[C@]2(OC)C=C2C(=O)CC[C@H](C)[C@]21C. The van der Waals surface area contributed by atoms with Gasteiger partial charge in [-0.05, 0) is 39.2 Å². The quantitative estimate of drug-likeness (QED) is 0.558. The van der Waals surface area contributed by atoms with Gasteiger partial charge < -0.3 is 14.2 Å². The summed E-state index contributed by atoms with van der Waals surface area (Å²) >= 11 is 0. The van der Waals surface area contributed by atoms with Crippen LogP contribution in [0.4, 0.5) is 0 Å². The third-order valence-corrected chi connectivity index (χ3v) is 6.46. The van der Waals surface area contributed by atoms with Crippen molar-refractivity contribution < 1.29 is 28.6 Å². The average Bonchev–Trinajstić information content (AvgIpc) is 2.90. The number of carbonyl (C=O) groups is 3. The molecule has 0 radical (unpaired) electrons. The molecule has 1 saturated carbocycles. The molecule has 2 aliphatic carbocycles. The second-order valence-electron chi connectivity index (χ2n) is 7.76. The zero-order valence-corrected chi connectivity index (χ0v) is 16.7. The smallest absolute Gasteiger partial charge is 0.337 e. The van der Waals surface area contributed by atoms with E-state index in [1.54, 1.807) is 32.9 Å². The summed E-state index contributed by atoms with van der Waals surface area (Å²) in [7, 11) is 1.42. The molecule has 0 N–H and O–H groups in total. The third-order valence-electron chi connectivity index (χ3n) is 6.46. The van der Waals surface area contributed by atoms with Gasteiger partial charge in [0.25, 0.3) is 5.79 Å². The van der Waals surface area contributed by atoms with Gasteiger partial charge in [0.1, 0.15) is 6.10 Å². The van der Waals surface area contributed by atoms with Crippen LogP contribution in [0, 0.1) is 11.3 Å². The molecule has 0 aromatic rings. The molecule has 3 aliphatic rings. The number of allylic oxidation sites excluding steroid dienone is 1. The van der Waals surface area contributed by atoms with E-state index >= 15 is 0 Å². The normalized spacial score (nSPS) is 36.1. The fourth-order valence-corrected chi connectivity index (χ4v) is 4.31. The van der Waals surface area contributed by atoms with Crippen molar-refractivity contribution in [1.82, 2.24) is 0 Å². The van der Waals surface area contributed by atoms with Crippen molar-refractivity contribution in [3.8, 4) is 0 Å². The van der Waals surface area contributed by atoms with Gasteiger partial charge in [-0.15, -0.1) is 0 Å². The van der Waals surface area contributed by atoms with Crippen molar-refractivity contribution in [2.75, 3.05) is 7.11 Å². The van der Waals surface area contributed by atoms with Crippen molar-refractivity contribution >= 4 is 17.7 Å². The van der Waals surface area contributed by atoms with Crippen LogP contribution in [0.25, 0.3) is 0 Å². The number of ether oxygens (including phenoxy) is 3. The molecule has 27 heavy (non-hydrogen) atoms. The maximum Gasteiger partial charge on any atom is 0.337 e. The molecular formula is C21H26O6. The third kappa shape index (κ3) is 2.61. The maximum absolute atomic E-state index is 12.8. The van der Waals surface area contributed by atoms with E-state index in [1.165, 1.54) is 7.11 Å². The van der Waals surface area contributed by atoms with Crippen molar-refractivity contribution in [3.05, 3.63) is 34.4 Å². The Morgan fingerprint density at radius 3 is 2.63 bits per heavy atom. The van der Waals surface area contributed by atoms with Gasteiger partial charge in [-0.2, -0.15) is 0 Å². The minimum atomic E-state index is -1.50. The van der Waals surface area contributed by atoms with E-state index in [2.05, 4.69) is 0 Å². The fourth-order valence-electron chi connectivity index (χ4n) is 4.31. The molecule has 1 heterocycles. The average molecular weight is 374 g/mol. The van der Waals surface area contributed by atoms with Crippen LogP contribution in [0.15, 0.2) is 34.4 Å². The molecule has 1 fully saturated rings. The van der Waals surface area contributed by atoms with Gasteiger partial charge in [-0.3, -0.25) is 4.79 Å². The highest BCUT2D eigenvalue weighted by molar-refractivity contribution is 6.00. The number of ketones is 1. The summed E-state index contributed by atoms with van der Waals surface area (Å²) in [6.45, 7) is 9.02. The Balaban J connectivity index is 2.26. The number of rotatable bonds is 3. The second kappa shape index (κ2) is 6.44. The van der Waals surface area contributed by atoms with Crippen LogP contribution in [-0.4, -0.2) is 36.7 Å². The van der Waals surface area contributed by atoms with Crippen molar-refractivity contribution in [3.63, 3.8) is 0 Å². The Labute approximate surface area is 159 Å². The number of Topliss-reactive ketones (excluding diaryl/α,β-unsaturated/α-hetero) is 1. The highest BCUT2D eigenvalue weighted by atomic mass is 16.7. The topological polar surface area (TPSA) is 78.9 Å². The number of esters is 2. The molecule has 3 rings (SSSR count). The number of methoxy groups -OCH3 is 1. The van der Waals surface area contributed by atoms with Gasteiger partial charge in [0, 0.05) is 35.7 Å². The maximum atomic E-state index is 12.8. The molecule has 146 valence electrons. The minimum absolute atomic E-state index is 0.0320. The van der Waals surface area contributed by atoms with Crippen LogP contribution in [0.1, 0.15) is 47.5 Å². The van der Waals surface area contributed by atoms with E-state index in [9.17, 15) is 14.4 Å². The molecule has 0 aromatic carbocycles. The Kier molecular flexibility index (Phi) is 4.67. The van der Waals surface area contributed by atoms with E-state index in [0.29, 0.717) is 35.1 Å². The van der Waals surface area contributed by atoms with Gasteiger partial charge in [-0.1, -0.05) is 19.9 Å². The lowest BCUT2D eigenvalue weighted by Crippen LogP contribution is -2.56. The first-order valence-electron chi connectivity index (χ1n) is 9.22. The molecule has 0 aromatic heterocycles. The van der Waals surface area contributed by atoms with Crippen molar-refractivity contribution in [2.45, 2.75) is 59.4 Å². The van der Waals surface area contributed by atoms with E-state index in [0.717, 1.165) is 0 Å². The Bertz CT molecular complexity index is 817. The first-order valence-corrected chi connectivity index (χ1v) is 9.22. The molecule has 1 aliphatic heterocycles. The molecule has 0 amide bonds. The van der Waals surface area contributed by atoms with Gasteiger partial charge in [0.05, 0.1) is 5.57 Å². The van der Waals surface area contributed by atoms with E-state index < -0.39 is 29.2 Å². The van der Waals surface area contributed by atoms with E-state index in [4.69, 9.17) is 14.2 Å². The van der Waals surface area contributed by atoms with Gasteiger partial charge in [0.15, 0.2) is 5.78 Å². The number of fused-ring (bicyclic) bond motifs is 2. The first kappa shape index (κ1) is 19.5. The lowest BCUT2D eigenvalue weighted by atomic mass is 9.56. The Hall–Kier alpha value is -2.21. The van der Waals surface area contributed by atoms with E-state index in [1.807, 2.05) is 13.8 Å². The largest absolute Gasteiger partial charge is 0.453 e. The molecule has 6 heteroatoms. The molecule has 6 nitrogen and oxygen atoms in total. The van der Waals surface area contributed by atoms with Gasteiger partial charge in [-0.25, -0.2) is 9.59 Å². The van der Waals surface area contributed by atoms with Gasteiger partial charge >= 0.3 is 11.9 Å². The summed E-state index contributed by atoms with van der Waals surface area (Å²) < 4.78 is 17.0. The van der Waals surface area contributed by atoms with Crippen molar-refractivity contribution in [1.29, 1.82) is 0 Å². The van der Waals surface area contributed by atoms with E-state index in [-0.39, 0.29) is 11.7 Å². The summed E-state index contributed by atoms with van der Waals surface area (Å²) in [5, 5.41) is 0. The Morgan fingerprint density at radius 2 is 2.04 bits per heavy atom. The summed E-state index contributed by atoms with van der Waals surface area (Å²) in [6.07, 6.45) is 3.54. The van der Waals surface area contributed by atoms with Crippen LogP contribution in [0.3, 0.4) is 0 Å². The first-order chi connectivity index (χ1) is 12.6. The number of hydrogen-bond acceptors (Lipinski definition) is 6. The van der Waals surface area contributed by atoms with Crippen LogP contribution in [-0.2, 0) is 28.6 Å². The molecular weight excluding hydrogens is 348 g/mol. The molecule has 4 atom stereocenters. The number of carbonyl (C=O) groups excluding carboxylic acids is 3. The fraction of sp³-hybridized carbons (Fsp3) is 0.571.